The number of ether oxygens (including phenoxy) is 1. The van der Waals surface area contributed by atoms with Crippen molar-refractivity contribution < 1.29 is 19.4 Å². The Morgan fingerprint density at radius 1 is 1.29 bits per heavy atom. The second kappa shape index (κ2) is 6.05. The van der Waals surface area contributed by atoms with Crippen molar-refractivity contribution in [3.63, 3.8) is 0 Å². The van der Waals surface area contributed by atoms with Crippen LogP contribution in [0.1, 0.15) is 5.56 Å². The van der Waals surface area contributed by atoms with E-state index in [2.05, 4.69) is 26.0 Å². The van der Waals surface area contributed by atoms with Gasteiger partial charge in [0.15, 0.2) is 0 Å². The first kappa shape index (κ1) is 13.2. The number of hydrogen-bond acceptors (Lipinski definition) is 3. The fraction of sp³-hybridized carbons (Fsp3) is 0.0909. The molecular weight excluding hydrogens is 290 g/mol. The van der Waals surface area contributed by atoms with E-state index in [1.807, 2.05) is 0 Å². The molecule has 0 atom stereocenters. The van der Waals surface area contributed by atoms with Crippen LogP contribution < -0.4 is 5.32 Å². The number of hydrogen-bond donors (Lipinski definition) is 2. The van der Waals surface area contributed by atoms with Gasteiger partial charge in [0.05, 0.1) is 11.6 Å². The molecular formula is C11H10BrNO4. The average Bonchev–Trinajstić information content (AvgIpc) is 2.35. The third-order valence-corrected chi connectivity index (χ3v) is 2.73. The van der Waals surface area contributed by atoms with Gasteiger partial charge in [0.25, 0.3) is 0 Å². The molecule has 0 aliphatic carbocycles. The van der Waals surface area contributed by atoms with E-state index in [-0.39, 0.29) is 10.2 Å². The molecule has 1 amide bonds. The van der Waals surface area contributed by atoms with Crippen molar-refractivity contribution >= 4 is 32.5 Å². The van der Waals surface area contributed by atoms with Crippen LogP contribution in [0.5, 0.6) is 0 Å². The molecule has 1 aromatic rings. The summed E-state index contributed by atoms with van der Waals surface area (Å²) in [6, 6.07) is 8.75. The van der Waals surface area contributed by atoms with Crippen LogP contribution in [0.3, 0.4) is 0 Å². The monoisotopic (exact) mass is 299 g/mol. The van der Waals surface area contributed by atoms with Gasteiger partial charge in [0, 0.05) is 0 Å². The van der Waals surface area contributed by atoms with E-state index in [0.29, 0.717) is 5.56 Å². The lowest BCUT2D eigenvalue weighted by atomic mass is 10.2. The quantitative estimate of drug-likeness (QED) is 0.839. The van der Waals surface area contributed by atoms with E-state index in [1.54, 1.807) is 30.3 Å². The molecule has 1 aromatic carbocycles. The molecule has 0 radical (unpaired) electrons. The predicted octanol–water partition coefficient (Wildman–Crippen LogP) is 2.19. The maximum atomic E-state index is 11.0. The molecule has 0 saturated carbocycles. The molecule has 0 saturated heterocycles. The number of carboxylic acid groups (broad SMARTS) is 1. The van der Waals surface area contributed by atoms with Gasteiger partial charge in [0.2, 0.25) is 0 Å². The second-order valence-corrected chi connectivity index (χ2v) is 3.77. The van der Waals surface area contributed by atoms with E-state index >= 15 is 0 Å². The second-order valence-electron chi connectivity index (χ2n) is 2.98. The molecule has 0 heterocycles. The molecule has 6 heteroatoms. The van der Waals surface area contributed by atoms with Crippen molar-refractivity contribution in [3.8, 4) is 0 Å². The van der Waals surface area contributed by atoms with Gasteiger partial charge < -0.3 is 9.84 Å². The Hall–Kier alpha value is -1.82. The molecule has 2 N–H and O–H groups in total. The Morgan fingerprint density at radius 3 is 2.35 bits per heavy atom. The number of methoxy groups -OCH3 is 1. The minimum Gasteiger partial charge on any atom is -0.477 e. The van der Waals surface area contributed by atoms with Crippen molar-refractivity contribution in [3.05, 3.63) is 41.6 Å². The van der Waals surface area contributed by atoms with Gasteiger partial charge in [-0.2, -0.15) is 0 Å². The largest absolute Gasteiger partial charge is 0.477 e. The van der Waals surface area contributed by atoms with Gasteiger partial charge in [0.1, 0.15) is 5.70 Å². The van der Waals surface area contributed by atoms with E-state index in [9.17, 15) is 9.59 Å². The highest BCUT2D eigenvalue weighted by Crippen LogP contribution is 2.23. The Morgan fingerprint density at radius 2 is 1.88 bits per heavy atom. The highest BCUT2D eigenvalue weighted by molar-refractivity contribution is 9.15. The lowest BCUT2D eigenvalue weighted by Gasteiger charge is -2.08. The fourth-order valence-corrected chi connectivity index (χ4v) is 1.62. The van der Waals surface area contributed by atoms with Crippen molar-refractivity contribution in [2.75, 3.05) is 7.11 Å². The minimum atomic E-state index is -1.26. The zero-order chi connectivity index (χ0) is 12.8. The van der Waals surface area contributed by atoms with Crippen LogP contribution in [-0.2, 0) is 9.53 Å². The first-order valence-electron chi connectivity index (χ1n) is 4.59. The van der Waals surface area contributed by atoms with Crippen LogP contribution in [0.2, 0.25) is 0 Å². The number of amides is 1. The summed E-state index contributed by atoms with van der Waals surface area (Å²) >= 11 is 3.14. The number of nitrogens with one attached hydrogen (secondary N) is 1. The number of carboxylic acids is 1. The summed E-state index contributed by atoms with van der Waals surface area (Å²) in [6.45, 7) is 0. The summed E-state index contributed by atoms with van der Waals surface area (Å²) in [7, 11) is 1.16. The van der Waals surface area contributed by atoms with Crippen LogP contribution in [0, 0.1) is 0 Å². The number of carbonyl (C=O) groups is 2. The molecule has 90 valence electrons. The molecule has 0 spiro atoms. The Bertz CT molecular complexity index is 456. The summed E-state index contributed by atoms with van der Waals surface area (Å²) < 4.78 is 4.62. The van der Waals surface area contributed by atoms with Crippen molar-refractivity contribution in [1.29, 1.82) is 0 Å². The SMILES string of the molecule is COC(=O)NC(C(=O)O)=C(Br)c1ccccc1. The van der Waals surface area contributed by atoms with E-state index in [1.165, 1.54) is 0 Å². The molecule has 0 fully saturated rings. The van der Waals surface area contributed by atoms with E-state index in [0.717, 1.165) is 7.11 Å². The number of alkyl carbamates (subject to hydrolysis) is 1. The topological polar surface area (TPSA) is 75.6 Å². The van der Waals surface area contributed by atoms with Crippen molar-refractivity contribution in [2.45, 2.75) is 0 Å². The van der Waals surface area contributed by atoms with Crippen LogP contribution >= 0.6 is 15.9 Å². The standard InChI is InChI=1S/C11H10BrNO4/c1-17-11(16)13-9(10(14)15)8(12)7-5-3-2-4-6-7/h2-6H,1H3,(H,13,16)(H,14,15). The molecule has 5 nitrogen and oxygen atoms in total. The molecule has 0 unspecified atom stereocenters. The number of rotatable bonds is 3. The van der Waals surface area contributed by atoms with Crippen LogP contribution in [0.25, 0.3) is 4.48 Å². The lowest BCUT2D eigenvalue weighted by Crippen LogP contribution is -2.27. The van der Waals surface area contributed by atoms with Crippen LogP contribution in [0.15, 0.2) is 36.0 Å². The summed E-state index contributed by atoms with van der Waals surface area (Å²) in [5, 5.41) is 11.1. The molecule has 17 heavy (non-hydrogen) atoms. The summed E-state index contributed by atoms with van der Waals surface area (Å²) in [6.07, 6.45) is -0.838. The molecule has 1 rings (SSSR count). The third-order valence-electron chi connectivity index (χ3n) is 1.87. The Labute approximate surface area is 106 Å². The molecule has 0 aliphatic heterocycles. The Kier molecular flexibility index (Phi) is 4.71. The normalized spacial score (nSPS) is 11.4. The van der Waals surface area contributed by atoms with Gasteiger partial charge in [-0.05, 0) is 21.5 Å². The molecule has 0 aliphatic rings. The van der Waals surface area contributed by atoms with Crippen LogP contribution in [-0.4, -0.2) is 24.3 Å². The maximum Gasteiger partial charge on any atom is 0.411 e. The number of benzene rings is 1. The average molecular weight is 300 g/mol. The smallest absolute Gasteiger partial charge is 0.411 e. The number of halogens is 1. The van der Waals surface area contributed by atoms with E-state index < -0.39 is 12.1 Å². The van der Waals surface area contributed by atoms with Crippen LogP contribution in [0.4, 0.5) is 4.79 Å². The summed E-state index contributed by atoms with van der Waals surface area (Å²) in [5.74, 6) is -1.26. The number of aliphatic carboxylic acids is 1. The lowest BCUT2D eigenvalue weighted by molar-refractivity contribution is -0.132. The third kappa shape index (κ3) is 3.60. The van der Waals surface area contributed by atoms with Crippen molar-refractivity contribution in [2.24, 2.45) is 0 Å². The zero-order valence-electron chi connectivity index (χ0n) is 8.94. The van der Waals surface area contributed by atoms with Gasteiger partial charge >= 0.3 is 12.1 Å². The van der Waals surface area contributed by atoms with Gasteiger partial charge in [-0.25, -0.2) is 9.59 Å². The van der Waals surface area contributed by atoms with Crippen molar-refractivity contribution in [1.82, 2.24) is 5.32 Å². The minimum absolute atomic E-state index is 0.274. The number of carbonyl (C=O) groups excluding carboxylic acids is 1. The fourth-order valence-electron chi connectivity index (χ4n) is 1.08. The van der Waals surface area contributed by atoms with Gasteiger partial charge in [-0.15, -0.1) is 0 Å². The molecule has 0 aromatic heterocycles. The zero-order valence-corrected chi connectivity index (χ0v) is 10.5. The first-order valence-corrected chi connectivity index (χ1v) is 5.39. The predicted molar refractivity (Wildman–Crippen MR) is 65.5 cm³/mol. The van der Waals surface area contributed by atoms with Gasteiger partial charge in [-0.3, -0.25) is 5.32 Å². The first-order chi connectivity index (χ1) is 8.06. The highest BCUT2D eigenvalue weighted by atomic mass is 79.9. The molecule has 0 bridgehead atoms. The highest BCUT2D eigenvalue weighted by Gasteiger charge is 2.17. The van der Waals surface area contributed by atoms with Gasteiger partial charge in [-0.1, -0.05) is 30.3 Å². The van der Waals surface area contributed by atoms with E-state index in [4.69, 9.17) is 5.11 Å². The maximum absolute atomic E-state index is 11.0. The summed E-state index contributed by atoms with van der Waals surface area (Å²) in [4.78, 5) is 22.0. The summed E-state index contributed by atoms with van der Waals surface area (Å²) in [5.41, 5.74) is 0.365. The Balaban J connectivity index is 3.11.